The molecule has 0 bridgehead atoms. The number of hydrogen-bond acceptors (Lipinski definition) is 10. The summed E-state index contributed by atoms with van der Waals surface area (Å²) >= 11 is 0. The Kier molecular flexibility index (Phi) is 9.88. The zero-order valence-corrected chi connectivity index (χ0v) is 23.5. The van der Waals surface area contributed by atoms with Gasteiger partial charge < -0.3 is 25.4 Å². The summed E-state index contributed by atoms with van der Waals surface area (Å²) in [5.41, 5.74) is 9.01. The van der Waals surface area contributed by atoms with E-state index in [0.717, 1.165) is 18.0 Å². The van der Waals surface area contributed by atoms with Gasteiger partial charge in [0.2, 0.25) is 11.8 Å². The Morgan fingerprint density at radius 3 is 2.52 bits per heavy atom. The minimum Gasteiger partial charge on any atom is -0.492 e. The average Bonchev–Trinajstić information content (AvgIpc) is 3.47. The number of nitrogens with one attached hydrogen (secondary N) is 1. The maximum Gasteiger partial charge on any atom is 0.221 e. The molecule has 40 heavy (non-hydrogen) atoms. The van der Waals surface area contributed by atoms with Crippen molar-refractivity contribution in [1.29, 1.82) is 0 Å². The van der Waals surface area contributed by atoms with Crippen LogP contribution in [0.2, 0.25) is 0 Å². The number of imidazole rings is 1. The largest absolute Gasteiger partial charge is 0.492 e. The summed E-state index contributed by atoms with van der Waals surface area (Å²) in [5, 5.41) is 10.4. The number of benzene rings is 2. The Hall–Kier alpha value is -4.39. The Bertz CT molecular complexity index is 1590. The van der Waals surface area contributed by atoms with Crippen LogP contribution in [0.15, 0.2) is 65.4 Å². The first kappa shape index (κ1) is 30.2. The van der Waals surface area contributed by atoms with Crippen LogP contribution >= 0.6 is 24.8 Å². The first-order chi connectivity index (χ1) is 18.4. The summed E-state index contributed by atoms with van der Waals surface area (Å²) in [6, 6.07) is 16.4. The van der Waals surface area contributed by atoms with Gasteiger partial charge in [-0.2, -0.15) is 0 Å². The standard InChI is InChI=1S/C26H26N8O4.2ClH/c1-16(35)29-17-5-4-6-20(13-17)37-23-14-22-21(15-28-23)30-26(24-25(27)32-38-31-24)34(22)18-7-9-19(10-8-18)36-12-11-33(2)3;;/h4-10,13-15H,11-12H2,1-3H3,(H2,27,32)(H,29,35);2*1H. The molecule has 0 aliphatic carbocycles. The molecule has 210 valence electrons. The number of halogens is 2. The van der Waals surface area contributed by atoms with E-state index in [0.29, 0.717) is 46.5 Å². The number of nitrogen functional groups attached to an aromatic ring is 1. The zero-order chi connectivity index (χ0) is 26.6. The van der Waals surface area contributed by atoms with Gasteiger partial charge >= 0.3 is 0 Å². The summed E-state index contributed by atoms with van der Waals surface area (Å²) in [5.74, 6) is 1.97. The van der Waals surface area contributed by atoms with Gasteiger partial charge in [0.15, 0.2) is 17.3 Å². The molecule has 0 saturated carbocycles. The van der Waals surface area contributed by atoms with Crippen molar-refractivity contribution >= 4 is 53.3 Å². The van der Waals surface area contributed by atoms with E-state index in [2.05, 4.69) is 25.5 Å². The summed E-state index contributed by atoms with van der Waals surface area (Å²) in [6.07, 6.45) is 1.60. The van der Waals surface area contributed by atoms with Crippen molar-refractivity contribution in [2.45, 2.75) is 6.92 Å². The molecule has 3 aromatic heterocycles. The van der Waals surface area contributed by atoms with Crippen LogP contribution in [0.3, 0.4) is 0 Å². The van der Waals surface area contributed by atoms with E-state index in [1.807, 2.05) is 42.9 Å². The van der Waals surface area contributed by atoms with Gasteiger partial charge in [0, 0.05) is 37.0 Å². The molecule has 0 aliphatic heterocycles. The number of fused-ring (bicyclic) bond motifs is 1. The minimum atomic E-state index is -0.172. The van der Waals surface area contributed by atoms with Crippen LogP contribution in [0.1, 0.15) is 6.92 Å². The Labute approximate surface area is 242 Å². The third kappa shape index (κ3) is 6.78. The molecule has 5 aromatic rings. The van der Waals surface area contributed by atoms with E-state index in [-0.39, 0.29) is 36.5 Å². The molecule has 12 nitrogen and oxygen atoms in total. The van der Waals surface area contributed by atoms with E-state index in [4.69, 9.17) is 24.8 Å². The molecule has 0 unspecified atom stereocenters. The molecule has 0 saturated heterocycles. The highest BCUT2D eigenvalue weighted by molar-refractivity contribution is 5.89. The number of ether oxygens (including phenoxy) is 2. The van der Waals surface area contributed by atoms with Crippen molar-refractivity contribution in [3.05, 3.63) is 60.8 Å². The molecular weight excluding hydrogens is 559 g/mol. The highest BCUT2D eigenvalue weighted by atomic mass is 35.5. The number of carbonyl (C=O) groups excluding carboxylic acids is 1. The number of amides is 1. The second kappa shape index (κ2) is 13.1. The Balaban J connectivity index is 0.00000220. The molecule has 0 aliphatic rings. The van der Waals surface area contributed by atoms with E-state index in [1.54, 1.807) is 36.5 Å². The number of rotatable bonds is 9. The molecule has 0 atom stereocenters. The van der Waals surface area contributed by atoms with Crippen LogP contribution in [-0.4, -0.2) is 62.9 Å². The van der Waals surface area contributed by atoms with Gasteiger partial charge in [0.1, 0.15) is 23.6 Å². The molecule has 0 spiro atoms. The fourth-order valence-electron chi connectivity index (χ4n) is 3.79. The van der Waals surface area contributed by atoms with Crippen molar-refractivity contribution in [3.63, 3.8) is 0 Å². The van der Waals surface area contributed by atoms with Crippen molar-refractivity contribution < 1.29 is 18.9 Å². The number of aromatic nitrogens is 5. The predicted molar refractivity (Wildman–Crippen MR) is 156 cm³/mol. The predicted octanol–water partition coefficient (Wildman–Crippen LogP) is 4.59. The molecule has 5 rings (SSSR count). The lowest BCUT2D eigenvalue weighted by Gasteiger charge is -2.12. The first-order valence-corrected chi connectivity index (χ1v) is 11.8. The summed E-state index contributed by atoms with van der Waals surface area (Å²) in [7, 11) is 3.99. The van der Waals surface area contributed by atoms with Gasteiger partial charge in [-0.3, -0.25) is 9.36 Å². The monoisotopic (exact) mass is 586 g/mol. The van der Waals surface area contributed by atoms with E-state index in [1.165, 1.54) is 6.92 Å². The lowest BCUT2D eigenvalue weighted by Crippen LogP contribution is -2.19. The van der Waals surface area contributed by atoms with E-state index < -0.39 is 0 Å². The van der Waals surface area contributed by atoms with Crippen molar-refractivity contribution in [3.8, 4) is 34.6 Å². The zero-order valence-electron chi connectivity index (χ0n) is 21.9. The average molecular weight is 587 g/mol. The number of hydrogen-bond donors (Lipinski definition) is 2. The number of anilines is 2. The van der Waals surface area contributed by atoms with Crippen LogP contribution < -0.4 is 20.5 Å². The van der Waals surface area contributed by atoms with Crippen LogP contribution in [0, 0.1) is 0 Å². The van der Waals surface area contributed by atoms with Crippen molar-refractivity contribution in [2.24, 2.45) is 0 Å². The second-order valence-electron chi connectivity index (χ2n) is 8.74. The lowest BCUT2D eigenvalue weighted by atomic mass is 10.2. The summed E-state index contributed by atoms with van der Waals surface area (Å²) in [4.78, 5) is 22.6. The quantitative estimate of drug-likeness (QED) is 0.251. The maximum atomic E-state index is 11.4. The number of nitrogens with two attached hydrogens (primary N) is 1. The topological polar surface area (TPSA) is 146 Å². The van der Waals surface area contributed by atoms with Gasteiger partial charge in [-0.15, -0.1) is 24.8 Å². The summed E-state index contributed by atoms with van der Waals surface area (Å²) < 4.78 is 18.6. The second-order valence-corrected chi connectivity index (χ2v) is 8.74. The van der Waals surface area contributed by atoms with Gasteiger partial charge in [-0.25, -0.2) is 14.6 Å². The fourth-order valence-corrected chi connectivity index (χ4v) is 3.79. The minimum absolute atomic E-state index is 0. The third-order valence-electron chi connectivity index (χ3n) is 5.52. The molecule has 3 N–H and O–H groups in total. The molecule has 0 radical (unpaired) electrons. The Morgan fingerprint density at radius 2 is 1.85 bits per heavy atom. The molecule has 14 heteroatoms. The summed E-state index contributed by atoms with van der Waals surface area (Å²) in [6.45, 7) is 2.82. The van der Waals surface area contributed by atoms with Gasteiger partial charge in [0.25, 0.3) is 0 Å². The van der Waals surface area contributed by atoms with Crippen LogP contribution in [0.25, 0.3) is 28.2 Å². The van der Waals surface area contributed by atoms with Crippen molar-refractivity contribution in [2.75, 3.05) is 38.3 Å². The maximum absolute atomic E-state index is 11.4. The number of nitrogens with zero attached hydrogens (tertiary/aromatic N) is 6. The SMILES string of the molecule is CC(=O)Nc1cccc(Oc2cc3c(cn2)nc(-c2nonc2N)n3-c2ccc(OCCN(C)C)cc2)c1.Cl.Cl. The highest BCUT2D eigenvalue weighted by Crippen LogP contribution is 2.33. The smallest absolute Gasteiger partial charge is 0.221 e. The number of carbonyl (C=O) groups is 1. The Morgan fingerprint density at radius 1 is 1.07 bits per heavy atom. The van der Waals surface area contributed by atoms with E-state index >= 15 is 0 Å². The fraction of sp³-hybridized carbons (Fsp3) is 0.192. The first-order valence-electron chi connectivity index (χ1n) is 11.8. The van der Waals surface area contributed by atoms with Crippen LogP contribution in [0.5, 0.6) is 17.4 Å². The van der Waals surface area contributed by atoms with Gasteiger partial charge in [0.05, 0.1) is 11.7 Å². The third-order valence-corrected chi connectivity index (χ3v) is 5.52. The van der Waals surface area contributed by atoms with Crippen LogP contribution in [0.4, 0.5) is 11.5 Å². The van der Waals surface area contributed by atoms with Crippen molar-refractivity contribution in [1.82, 2.24) is 29.7 Å². The molecule has 3 heterocycles. The highest BCUT2D eigenvalue weighted by Gasteiger charge is 2.21. The molecular formula is C26H28Cl2N8O4. The molecule has 1 amide bonds. The number of pyridine rings is 1. The normalized spacial score (nSPS) is 10.6. The van der Waals surface area contributed by atoms with E-state index in [9.17, 15) is 4.79 Å². The number of likely N-dealkylation sites (N-methyl/N-ethyl adjacent to an activating group) is 1. The van der Waals surface area contributed by atoms with Gasteiger partial charge in [-0.05, 0) is 60.8 Å². The molecule has 2 aromatic carbocycles. The molecule has 0 fully saturated rings. The van der Waals surface area contributed by atoms with Gasteiger partial charge in [-0.1, -0.05) is 6.07 Å². The lowest BCUT2D eigenvalue weighted by molar-refractivity contribution is -0.114. The van der Waals surface area contributed by atoms with Crippen LogP contribution in [-0.2, 0) is 4.79 Å².